The van der Waals surface area contributed by atoms with Gasteiger partial charge in [0, 0.05) is 0 Å². The van der Waals surface area contributed by atoms with Crippen LogP contribution in [0.3, 0.4) is 0 Å². The maximum Gasteiger partial charge on any atom is 0.309 e. The predicted molar refractivity (Wildman–Crippen MR) is 57.6 cm³/mol. The van der Waals surface area contributed by atoms with Crippen molar-refractivity contribution < 1.29 is 14.6 Å². The van der Waals surface area contributed by atoms with Crippen molar-refractivity contribution in [3.8, 4) is 5.75 Å². The minimum atomic E-state index is -0.310. The van der Waals surface area contributed by atoms with E-state index in [-0.39, 0.29) is 18.1 Å². The number of hydrogen-bond acceptors (Lipinski definition) is 3. The average Bonchev–Trinajstić information content (AvgIpc) is 2.21. The maximum absolute atomic E-state index is 11.0. The Labute approximate surface area is 89.0 Å². The van der Waals surface area contributed by atoms with Gasteiger partial charge in [-0.2, -0.15) is 0 Å². The Morgan fingerprint density at radius 1 is 1.47 bits per heavy atom. The van der Waals surface area contributed by atoms with E-state index in [0.717, 1.165) is 11.1 Å². The summed E-state index contributed by atoms with van der Waals surface area (Å²) in [6.07, 6.45) is 0.673. The average molecular weight is 206 g/mol. The summed E-state index contributed by atoms with van der Waals surface area (Å²) in [6, 6.07) is 7.00. The molecule has 3 heteroatoms. The van der Waals surface area contributed by atoms with Gasteiger partial charge < -0.3 is 9.84 Å². The number of methoxy groups -OCH3 is 1. The SMILES string of the molecule is C=C(CC(=O)OC)Cc1ccccc1O. The quantitative estimate of drug-likeness (QED) is 0.605. The van der Waals surface area contributed by atoms with E-state index in [1.54, 1.807) is 18.2 Å². The second kappa shape index (κ2) is 5.20. The molecule has 1 N–H and O–H groups in total. The maximum atomic E-state index is 11.0. The third kappa shape index (κ3) is 3.46. The largest absolute Gasteiger partial charge is 0.508 e. The highest BCUT2D eigenvalue weighted by Gasteiger charge is 2.06. The summed E-state index contributed by atoms with van der Waals surface area (Å²) in [7, 11) is 1.34. The number of phenols is 1. The van der Waals surface area contributed by atoms with E-state index < -0.39 is 0 Å². The number of aromatic hydroxyl groups is 1. The fourth-order valence-electron chi connectivity index (χ4n) is 1.27. The molecule has 1 aromatic carbocycles. The molecule has 0 aliphatic heterocycles. The molecule has 0 fully saturated rings. The first-order chi connectivity index (χ1) is 7.13. The summed E-state index contributed by atoms with van der Waals surface area (Å²) >= 11 is 0. The molecule has 0 heterocycles. The van der Waals surface area contributed by atoms with Gasteiger partial charge >= 0.3 is 5.97 Å². The van der Waals surface area contributed by atoms with Crippen LogP contribution in [0.25, 0.3) is 0 Å². The lowest BCUT2D eigenvalue weighted by Crippen LogP contribution is -2.02. The van der Waals surface area contributed by atoms with Crippen LogP contribution in [0.2, 0.25) is 0 Å². The van der Waals surface area contributed by atoms with Crippen LogP contribution in [0.4, 0.5) is 0 Å². The van der Waals surface area contributed by atoms with Crippen molar-refractivity contribution in [1.29, 1.82) is 0 Å². The zero-order chi connectivity index (χ0) is 11.3. The number of phenolic OH excluding ortho intramolecular Hbond substituents is 1. The summed E-state index contributed by atoms with van der Waals surface area (Å²) in [5.41, 5.74) is 1.50. The molecule has 15 heavy (non-hydrogen) atoms. The highest BCUT2D eigenvalue weighted by atomic mass is 16.5. The zero-order valence-electron chi connectivity index (χ0n) is 8.69. The van der Waals surface area contributed by atoms with Crippen LogP contribution >= 0.6 is 0 Å². The lowest BCUT2D eigenvalue weighted by molar-refractivity contribution is -0.139. The van der Waals surface area contributed by atoms with Crippen LogP contribution in [0, 0.1) is 0 Å². The number of carbonyl (C=O) groups excluding carboxylic acids is 1. The molecule has 0 atom stereocenters. The Morgan fingerprint density at radius 3 is 2.73 bits per heavy atom. The fourth-order valence-corrected chi connectivity index (χ4v) is 1.27. The van der Waals surface area contributed by atoms with E-state index in [4.69, 9.17) is 0 Å². The minimum absolute atomic E-state index is 0.185. The van der Waals surface area contributed by atoms with E-state index in [9.17, 15) is 9.90 Å². The van der Waals surface area contributed by atoms with Gasteiger partial charge in [0.1, 0.15) is 5.75 Å². The highest BCUT2D eigenvalue weighted by molar-refractivity contribution is 5.72. The van der Waals surface area contributed by atoms with E-state index in [1.807, 2.05) is 6.07 Å². The van der Waals surface area contributed by atoms with Crippen molar-refractivity contribution in [2.24, 2.45) is 0 Å². The van der Waals surface area contributed by atoms with Gasteiger partial charge in [-0.05, 0) is 18.1 Å². The summed E-state index contributed by atoms with van der Waals surface area (Å²) in [6.45, 7) is 3.77. The number of para-hydroxylation sites is 1. The molecule has 3 nitrogen and oxygen atoms in total. The van der Waals surface area contributed by atoms with Crippen molar-refractivity contribution in [3.05, 3.63) is 42.0 Å². The normalized spacial score (nSPS) is 9.67. The minimum Gasteiger partial charge on any atom is -0.508 e. The van der Waals surface area contributed by atoms with E-state index in [0.29, 0.717) is 6.42 Å². The third-order valence-corrected chi connectivity index (χ3v) is 2.05. The first-order valence-corrected chi connectivity index (χ1v) is 4.64. The van der Waals surface area contributed by atoms with Crippen LogP contribution in [0.5, 0.6) is 5.75 Å². The number of esters is 1. The molecular weight excluding hydrogens is 192 g/mol. The molecule has 0 spiro atoms. The van der Waals surface area contributed by atoms with Crippen molar-refractivity contribution in [3.63, 3.8) is 0 Å². The first kappa shape index (κ1) is 11.3. The molecule has 0 bridgehead atoms. The van der Waals surface area contributed by atoms with Gasteiger partial charge in [-0.15, -0.1) is 0 Å². The van der Waals surface area contributed by atoms with E-state index >= 15 is 0 Å². The number of rotatable bonds is 4. The number of benzene rings is 1. The van der Waals surface area contributed by atoms with E-state index in [1.165, 1.54) is 7.11 Å². The number of hydrogen-bond donors (Lipinski definition) is 1. The molecule has 0 saturated carbocycles. The molecule has 1 aromatic rings. The topological polar surface area (TPSA) is 46.5 Å². The number of carbonyl (C=O) groups is 1. The predicted octanol–water partition coefficient (Wildman–Crippen LogP) is 2.05. The molecule has 80 valence electrons. The smallest absolute Gasteiger partial charge is 0.309 e. The molecular formula is C12H14O3. The molecule has 0 saturated heterocycles. The van der Waals surface area contributed by atoms with Crippen molar-refractivity contribution in [2.45, 2.75) is 12.8 Å². The molecule has 0 aliphatic carbocycles. The van der Waals surface area contributed by atoms with Crippen LogP contribution < -0.4 is 0 Å². The molecule has 0 unspecified atom stereocenters. The standard InChI is InChI=1S/C12H14O3/c1-9(8-12(14)15-2)7-10-5-3-4-6-11(10)13/h3-6,13H,1,7-8H2,2H3. The lowest BCUT2D eigenvalue weighted by Gasteiger charge is -2.06. The number of ether oxygens (including phenoxy) is 1. The van der Waals surface area contributed by atoms with Gasteiger partial charge in [0.25, 0.3) is 0 Å². The summed E-state index contributed by atoms with van der Waals surface area (Å²) < 4.78 is 4.53. The van der Waals surface area contributed by atoms with Crippen LogP contribution in [-0.2, 0) is 16.0 Å². The second-order valence-corrected chi connectivity index (χ2v) is 3.31. The Balaban J connectivity index is 2.59. The summed E-state index contributed by atoms with van der Waals surface area (Å²) in [5.74, 6) is -0.0843. The van der Waals surface area contributed by atoms with Gasteiger partial charge in [-0.25, -0.2) is 0 Å². The van der Waals surface area contributed by atoms with Crippen molar-refractivity contribution in [2.75, 3.05) is 7.11 Å². The highest BCUT2D eigenvalue weighted by Crippen LogP contribution is 2.19. The van der Waals surface area contributed by atoms with Gasteiger partial charge in [0.15, 0.2) is 0 Å². The van der Waals surface area contributed by atoms with Gasteiger partial charge in [0.2, 0.25) is 0 Å². The molecule has 0 radical (unpaired) electrons. The van der Waals surface area contributed by atoms with Gasteiger partial charge in [-0.1, -0.05) is 30.4 Å². The fraction of sp³-hybridized carbons (Fsp3) is 0.250. The Bertz CT molecular complexity index is 369. The monoisotopic (exact) mass is 206 g/mol. The first-order valence-electron chi connectivity index (χ1n) is 4.64. The Hall–Kier alpha value is -1.77. The molecule has 0 aromatic heterocycles. The van der Waals surface area contributed by atoms with Gasteiger partial charge in [0.05, 0.1) is 13.5 Å². The van der Waals surface area contributed by atoms with Crippen molar-refractivity contribution >= 4 is 5.97 Å². The molecule has 1 rings (SSSR count). The zero-order valence-corrected chi connectivity index (χ0v) is 8.69. The van der Waals surface area contributed by atoms with Crippen LogP contribution in [-0.4, -0.2) is 18.2 Å². The molecule has 0 aliphatic rings. The Kier molecular flexibility index (Phi) is 3.92. The van der Waals surface area contributed by atoms with Crippen LogP contribution in [0.1, 0.15) is 12.0 Å². The third-order valence-electron chi connectivity index (χ3n) is 2.05. The van der Waals surface area contributed by atoms with Crippen molar-refractivity contribution in [1.82, 2.24) is 0 Å². The Morgan fingerprint density at radius 2 is 2.13 bits per heavy atom. The molecule has 0 amide bonds. The summed E-state index contributed by atoms with van der Waals surface area (Å²) in [5, 5.41) is 9.49. The summed E-state index contributed by atoms with van der Waals surface area (Å²) in [4.78, 5) is 11.0. The van der Waals surface area contributed by atoms with Crippen LogP contribution in [0.15, 0.2) is 36.4 Å². The van der Waals surface area contributed by atoms with E-state index in [2.05, 4.69) is 11.3 Å². The lowest BCUT2D eigenvalue weighted by atomic mass is 10.0. The second-order valence-electron chi connectivity index (χ2n) is 3.31. The van der Waals surface area contributed by atoms with Gasteiger partial charge in [-0.3, -0.25) is 4.79 Å².